The molecular formula is C20H22FN7OS2. The van der Waals surface area contributed by atoms with Gasteiger partial charge in [-0.25, -0.2) is 14.4 Å². The second kappa shape index (κ2) is 10.0. The summed E-state index contributed by atoms with van der Waals surface area (Å²) >= 11 is 2.72. The van der Waals surface area contributed by atoms with E-state index < -0.39 is 0 Å². The van der Waals surface area contributed by atoms with Crippen LogP contribution < -0.4 is 15.1 Å². The number of nitrogens with one attached hydrogen (secondary N) is 1. The van der Waals surface area contributed by atoms with Crippen molar-refractivity contribution in [1.82, 2.24) is 20.2 Å². The number of thioether (sulfide) groups is 1. The number of hydrogen-bond acceptors (Lipinski definition) is 9. The number of hydrogen-bond donors (Lipinski definition) is 1. The number of aromatic nitrogens is 4. The van der Waals surface area contributed by atoms with Gasteiger partial charge in [0.2, 0.25) is 11.0 Å². The third kappa shape index (κ3) is 5.47. The predicted molar refractivity (Wildman–Crippen MR) is 121 cm³/mol. The number of nitrogens with zero attached hydrogens (tertiary/aromatic N) is 6. The Morgan fingerprint density at radius 3 is 2.68 bits per heavy atom. The first-order valence-corrected chi connectivity index (χ1v) is 11.7. The summed E-state index contributed by atoms with van der Waals surface area (Å²) in [6, 6.07) is 8.73. The van der Waals surface area contributed by atoms with Crippen LogP contribution in [0.15, 0.2) is 41.7 Å². The van der Waals surface area contributed by atoms with Crippen LogP contribution in [0.25, 0.3) is 0 Å². The zero-order valence-electron chi connectivity index (χ0n) is 17.0. The van der Waals surface area contributed by atoms with Crippen LogP contribution in [0.2, 0.25) is 0 Å². The number of para-hydroxylation sites is 1. The van der Waals surface area contributed by atoms with Gasteiger partial charge in [-0.2, -0.15) is 0 Å². The Kier molecular flexibility index (Phi) is 6.92. The van der Waals surface area contributed by atoms with Crippen molar-refractivity contribution < 1.29 is 9.18 Å². The zero-order valence-corrected chi connectivity index (χ0v) is 18.6. The lowest BCUT2D eigenvalue weighted by Gasteiger charge is -2.36. The van der Waals surface area contributed by atoms with E-state index in [0.717, 1.165) is 35.4 Å². The summed E-state index contributed by atoms with van der Waals surface area (Å²) in [5.74, 6) is 0.679. The molecule has 1 saturated heterocycles. The first-order chi connectivity index (χ1) is 15.1. The monoisotopic (exact) mass is 459 g/mol. The first-order valence-electron chi connectivity index (χ1n) is 9.94. The van der Waals surface area contributed by atoms with Crippen molar-refractivity contribution in [2.45, 2.75) is 18.4 Å². The Hall–Kier alpha value is -2.79. The lowest BCUT2D eigenvalue weighted by atomic mass is 10.2. The van der Waals surface area contributed by atoms with E-state index in [1.165, 1.54) is 35.5 Å². The number of piperazine rings is 1. The van der Waals surface area contributed by atoms with Crippen molar-refractivity contribution >= 4 is 45.6 Å². The maximum absolute atomic E-state index is 14.0. The third-order valence-electron chi connectivity index (χ3n) is 4.79. The number of anilines is 3. The summed E-state index contributed by atoms with van der Waals surface area (Å²) in [6.45, 7) is 4.86. The highest BCUT2D eigenvalue weighted by atomic mass is 32.2. The number of amides is 1. The lowest BCUT2D eigenvalue weighted by Crippen LogP contribution is -2.47. The van der Waals surface area contributed by atoms with Gasteiger partial charge in [-0.15, -0.1) is 10.2 Å². The van der Waals surface area contributed by atoms with Gasteiger partial charge in [0.15, 0.2) is 0 Å². The van der Waals surface area contributed by atoms with Crippen molar-refractivity contribution in [1.29, 1.82) is 0 Å². The fraction of sp³-hybridized carbons (Fsp3) is 0.350. The average molecular weight is 460 g/mol. The molecular weight excluding hydrogens is 437 g/mol. The summed E-state index contributed by atoms with van der Waals surface area (Å²) in [6.07, 6.45) is 2.30. The third-order valence-corrected chi connectivity index (χ3v) is 6.70. The maximum Gasteiger partial charge on any atom is 0.236 e. The quantitative estimate of drug-likeness (QED) is 0.426. The van der Waals surface area contributed by atoms with Crippen LogP contribution in [0.3, 0.4) is 0 Å². The highest BCUT2D eigenvalue weighted by Crippen LogP contribution is 2.24. The molecule has 3 heterocycles. The lowest BCUT2D eigenvalue weighted by molar-refractivity contribution is -0.113. The molecule has 4 rings (SSSR count). The number of halogens is 1. The van der Waals surface area contributed by atoms with E-state index >= 15 is 0 Å². The van der Waals surface area contributed by atoms with Gasteiger partial charge in [0, 0.05) is 32.2 Å². The van der Waals surface area contributed by atoms with Crippen molar-refractivity contribution in [2.75, 3.05) is 47.0 Å². The van der Waals surface area contributed by atoms with E-state index in [0.29, 0.717) is 23.9 Å². The number of benzene rings is 1. The molecule has 1 amide bonds. The Balaban J connectivity index is 1.30. The van der Waals surface area contributed by atoms with E-state index in [1.54, 1.807) is 12.1 Å². The Morgan fingerprint density at radius 2 is 1.94 bits per heavy atom. The van der Waals surface area contributed by atoms with Crippen LogP contribution in [-0.2, 0) is 11.2 Å². The molecule has 0 unspecified atom stereocenters. The Labute approximate surface area is 187 Å². The minimum Gasteiger partial charge on any atom is -0.366 e. The number of aryl methyl sites for hydroxylation is 1. The molecule has 1 aliphatic rings. The molecule has 1 N–H and O–H groups in total. The molecule has 11 heteroatoms. The second-order valence-corrected chi connectivity index (χ2v) is 8.89. The predicted octanol–water partition coefficient (Wildman–Crippen LogP) is 3.09. The highest BCUT2D eigenvalue weighted by Gasteiger charge is 2.20. The molecule has 0 atom stereocenters. The van der Waals surface area contributed by atoms with Crippen LogP contribution in [0.4, 0.5) is 21.0 Å². The zero-order chi connectivity index (χ0) is 21.6. The second-order valence-electron chi connectivity index (χ2n) is 6.83. The summed E-state index contributed by atoms with van der Waals surface area (Å²) < 4.78 is 14.0. The molecule has 0 aliphatic carbocycles. The van der Waals surface area contributed by atoms with E-state index in [9.17, 15) is 9.18 Å². The topological polar surface area (TPSA) is 87.1 Å². The van der Waals surface area contributed by atoms with E-state index in [1.807, 2.05) is 24.0 Å². The summed E-state index contributed by atoms with van der Waals surface area (Å²) in [5.41, 5.74) is 0.633. The van der Waals surface area contributed by atoms with Gasteiger partial charge in [0.1, 0.15) is 28.0 Å². The fourth-order valence-electron chi connectivity index (χ4n) is 3.21. The number of carbonyl (C=O) groups excluding carboxylic acids is 1. The van der Waals surface area contributed by atoms with Crippen molar-refractivity contribution in [3.8, 4) is 0 Å². The van der Waals surface area contributed by atoms with Crippen LogP contribution in [0.5, 0.6) is 0 Å². The summed E-state index contributed by atoms with van der Waals surface area (Å²) in [5, 5.41) is 12.8. The Morgan fingerprint density at radius 1 is 1.16 bits per heavy atom. The molecule has 0 saturated carbocycles. The molecule has 2 aromatic heterocycles. The van der Waals surface area contributed by atoms with Crippen LogP contribution in [0.1, 0.15) is 11.9 Å². The molecule has 0 spiro atoms. The van der Waals surface area contributed by atoms with Gasteiger partial charge in [-0.3, -0.25) is 10.1 Å². The van der Waals surface area contributed by atoms with Gasteiger partial charge in [-0.05, 0) is 18.6 Å². The average Bonchev–Trinajstić information content (AvgIpc) is 3.26. The van der Waals surface area contributed by atoms with Crippen molar-refractivity contribution in [3.05, 3.63) is 47.5 Å². The summed E-state index contributed by atoms with van der Waals surface area (Å²) in [7, 11) is 0. The minimum atomic E-state index is -0.200. The van der Waals surface area contributed by atoms with Gasteiger partial charge in [-0.1, -0.05) is 42.2 Å². The number of carbonyl (C=O) groups is 1. The SMILES string of the molecule is CCc1nnc(NC(=O)CSc2cc(N3CCN(c4ccccc4F)CC3)ncn2)s1. The van der Waals surface area contributed by atoms with Crippen LogP contribution >= 0.6 is 23.1 Å². The molecule has 0 bridgehead atoms. The van der Waals surface area contributed by atoms with E-state index in [4.69, 9.17) is 0 Å². The highest BCUT2D eigenvalue weighted by molar-refractivity contribution is 7.99. The van der Waals surface area contributed by atoms with Crippen molar-refractivity contribution in [2.24, 2.45) is 0 Å². The van der Waals surface area contributed by atoms with Gasteiger partial charge in [0.05, 0.1) is 11.4 Å². The molecule has 162 valence electrons. The molecule has 1 aliphatic heterocycles. The van der Waals surface area contributed by atoms with Crippen LogP contribution in [-0.4, -0.2) is 58.0 Å². The Bertz CT molecular complexity index is 1040. The number of rotatable bonds is 7. The first kappa shape index (κ1) is 21.4. The molecule has 1 fully saturated rings. The molecule has 3 aromatic rings. The van der Waals surface area contributed by atoms with Gasteiger partial charge < -0.3 is 9.80 Å². The van der Waals surface area contributed by atoms with Crippen LogP contribution in [0, 0.1) is 5.82 Å². The molecule has 31 heavy (non-hydrogen) atoms. The maximum atomic E-state index is 14.0. The van der Waals surface area contributed by atoms with E-state index in [2.05, 4.69) is 30.4 Å². The summed E-state index contributed by atoms with van der Waals surface area (Å²) in [4.78, 5) is 25.0. The molecule has 8 nitrogen and oxygen atoms in total. The molecule has 0 radical (unpaired) electrons. The normalized spacial score (nSPS) is 14.0. The smallest absolute Gasteiger partial charge is 0.236 e. The molecule has 1 aromatic carbocycles. The van der Waals surface area contributed by atoms with Crippen molar-refractivity contribution in [3.63, 3.8) is 0 Å². The van der Waals surface area contributed by atoms with Gasteiger partial charge in [0.25, 0.3) is 0 Å². The van der Waals surface area contributed by atoms with Gasteiger partial charge >= 0.3 is 0 Å². The standard InChI is InChI=1S/C20H22FN7OS2/c1-2-18-25-26-20(31-18)24-17(29)12-30-19-11-16(22-13-23-19)28-9-7-27(8-10-28)15-6-4-3-5-14(15)21/h3-6,11,13H,2,7-10,12H2,1H3,(H,24,26,29). The fourth-order valence-corrected chi connectivity index (χ4v) is 4.57. The minimum absolute atomic E-state index is 0.150. The largest absolute Gasteiger partial charge is 0.366 e. The van der Waals surface area contributed by atoms with E-state index in [-0.39, 0.29) is 17.5 Å².